The van der Waals surface area contributed by atoms with Crippen molar-refractivity contribution in [1.82, 2.24) is 9.97 Å². The summed E-state index contributed by atoms with van der Waals surface area (Å²) >= 11 is 0. The van der Waals surface area contributed by atoms with E-state index in [4.69, 9.17) is 9.84 Å². The summed E-state index contributed by atoms with van der Waals surface area (Å²) in [6.07, 6.45) is 1.41. The van der Waals surface area contributed by atoms with Crippen LogP contribution in [0.4, 0.5) is 5.82 Å². The van der Waals surface area contributed by atoms with E-state index in [1.807, 2.05) is 30.3 Å². The van der Waals surface area contributed by atoms with Crippen molar-refractivity contribution in [1.29, 1.82) is 0 Å². The van der Waals surface area contributed by atoms with Gasteiger partial charge in [0, 0.05) is 19.7 Å². The molecule has 0 spiro atoms. The summed E-state index contributed by atoms with van der Waals surface area (Å²) in [6, 6.07) is 11.5. The van der Waals surface area contributed by atoms with Crippen LogP contribution in [0.5, 0.6) is 5.88 Å². The van der Waals surface area contributed by atoms with E-state index < -0.39 is 11.9 Å². The van der Waals surface area contributed by atoms with Crippen molar-refractivity contribution in [2.24, 2.45) is 5.92 Å². The fraction of sp³-hybridized carbons (Fsp3) is 0.312. The van der Waals surface area contributed by atoms with Crippen molar-refractivity contribution in [3.8, 4) is 5.88 Å². The van der Waals surface area contributed by atoms with Crippen molar-refractivity contribution < 1.29 is 14.6 Å². The molecule has 0 amide bonds. The van der Waals surface area contributed by atoms with Gasteiger partial charge in [-0.05, 0) is 5.56 Å². The number of nitrogens with zero attached hydrogens (tertiary/aromatic N) is 3. The van der Waals surface area contributed by atoms with Crippen LogP contribution in [-0.2, 0) is 11.4 Å². The van der Waals surface area contributed by atoms with Gasteiger partial charge in [0.25, 0.3) is 0 Å². The fourth-order valence-electron chi connectivity index (χ4n) is 1.93. The van der Waals surface area contributed by atoms with Gasteiger partial charge in [0.1, 0.15) is 18.8 Å². The number of aromatic nitrogens is 2. The van der Waals surface area contributed by atoms with Crippen molar-refractivity contribution in [2.75, 3.05) is 18.5 Å². The van der Waals surface area contributed by atoms with E-state index in [1.54, 1.807) is 24.9 Å². The average Bonchev–Trinajstić information content (AvgIpc) is 2.54. The summed E-state index contributed by atoms with van der Waals surface area (Å²) in [5, 5.41) is 8.96. The van der Waals surface area contributed by atoms with Crippen LogP contribution >= 0.6 is 0 Å². The molecule has 1 N–H and O–H groups in total. The Hall–Kier alpha value is -2.63. The number of carboxylic acids is 1. The zero-order valence-electron chi connectivity index (χ0n) is 12.6. The molecule has 2 aromatic rings. The molecule has 6 heteroatoms. The number of carboxylic acid groups (broad SMARTS) is 1. The van der Waals surface area contributed by atoms with E-state index in [-0.39, 0.29) is 0 Å². The highest BCUT2D eigenvalue weighted by Gasteiger charge is 2.15. The van der Waals surface area contributed by atoms with Crippen LogP contribution < -0.4 is 9.64 Å². The lowest BCUT2D eigenvalue weighted by atomic mass is 10.2. The van der Waals surface area contributed by atoms with Crippen molar-refractivity contribution in [3.05, 3.63) is 48.3 Å². The van der Waals surface area contributed by atoms with Gasteiger partial charge in [0.2, 0.25) is 5.88 Å². The second-order valence-corrected chi connectivity index (χ2v) is 5.11. The van der Waals surface area contributed by atoms with E-state index >= 15 is 0 Å². The molecule has 0 aliphatic carbocycles. The predicted octanol–water partition coefficient (Wildman–Crippen LogP) is 2.21. The topological polar surface area (TPSA) is 75.5 Å². The molecular weight excluding hydrogens is 282 g/mol. The SMILES string of the molecule is CC(CN(C)c1cc(OCc2ccccc2)ncn1)C(=O)O. The molecule has 116 valence electrons. The van der Waals surface area contributed by atoms with Crippen LogP contribution in [0.15, 0.2) is 42.7 Å². The third kappa shape index (κ3) is 4.44. The highest BCUT2D eigenvalue weighted by atomic mass is 16.5. The molecule has 1 atom stereocenters. The molecule has 1 aromatic carbocycles. The Balaban J connectivity index is 1.98. The van der Waals surface area contributed by atoms with Crippen LogP contribution in [0.25, 0.3) is 0 Å². The number of anilines is 1. The number of ether oxygens (including phenoxy) is 1. The van der Waals surface area contributed by atoms with E-state index in [0.717, 1.165) is 5.56 Å². The smallest absolute Gasteiger partial charge is 0.308 e. The minimum absolute atomic E-state index is 0.366. The van der Waals surface area contributed by atoms with E-state index in [1.165, 1.54) is 6.33 Å². The Morgan fingerprint density at radius 1 is 1.32 bits per heavy atom. The van der Waals surface area contributed by atoms with Crippen LogP contribution in [0.2, 0.25) is 0 Å². The first kappa shape index (κ1) is 15.8. The molecule has 0 radical (unpaired) electrons. The maximum atomic E-state index is 10.9. The number of hydrogen-bond acceptors (Lipinski definition) is 5. The molecule has 22 heavy (non-hydrogen) atoms. The molecular formula is C16H19N3O3. The zero-order chi connectivity index (χ0) is 15.9. The summed E-state index contributed by atoms with van der Waals surface area (Å²) in [6.45, 7) is 2.45. The zero-order valence-corrected chi connectivity index (χ0v) is 12.6. The lowest BCUT2D eigenvalue weighted by Gasteiger charge is -2.20. The van der Waals surface area contributed by atoms with E-state index in [2.05, 4.69) is 9.97 Å². The standard InChI is InChI=1S/C16H19N3O3/c1-12(16(20)21)9-19(2)14-8-15(18-11-17-14)22-10-13-6-4-3-5-7-13/h3-8,11-12H,9-10H2,1-2H3,(H,20,21). The quantitative estimate of drug-likeness (QED) is 0.845. The second kappa shape index (κ2) is 7.40. The van der Waals surface area contributed by atoms with Gasteiger partial charge in [-0.15, -0.1) is 0 Å². The first-order valence-corrected chi connectivity index (χ1v) is 6.99. The Morgan fingerprint density at radius 3 is 2.73 bits per heavy atom. The van der Waals surface area contributed by atoms with Gasteiger partial charge < -0.3 is 14.7 Å². The average molecular weight is 301 g/mol. The second-order valence-electron chi connectivity index (χ2n) is 5.11. The molecule has 0 fully saturated rings. The molecule has 1 unspecified atom stereocenters. The molecule has 0 aliphatic heterocycles. The minimum Gasteiger partial charge on any atom is -0.481 e. The largest absolute Gasteiger partial charge is 0.481 e. The van der Waals surface area contributed by atoms with Crippen molar-refractivity contribution in [2.45, 2.75) is 13.5 Å². The molecule has 0 saturated carbocycles. The lowest BCUT2D eigenvalue weighted by Crippen LogP contribution is -2.29. The normalized spacial score (nSPS) is 11.7. The number of rotatable bonds is 7. The molecule has 6 nitrogen and oxygen atoms in total. The molecule has 2 rings (SSSR count). The first-order valence-electron chi connectivity index (χ1n) is 6.99. The van der Waals surface area contributed by atoms with Crippen molar-refractivity contribution in [3.63, 3.8) is 0 Å². The Kier molecular flexibility index (Phi) is 5.30. The van der Waals surface area contributed by atoms with E-state index in [9.17, 15) is 4.79 Å². The Morgan fingerprint density at radius 2 is 2.05 bits per heavy atom. The van der Waals surface area contributed by atoms with Gasteiger partial charge in [-0.3, -0.25) is 4.79 Å². The molecule has 1 aromatic heterocycles. The number of benzene rings is 1. The summed E-state index contributed by atoms with van der Waals surface area (Å²) in [5.74, 6) is -0.218. The van der Waals surface area contributed by atoms with Gasteiger partial charge in [0.15, 0.2) is 0 Å². The van der Waals surface area contributed by atoms with E-state index in [0.29, 0.717) is 24.8 Å². The van der Waals surface area contributed by atoms with Crippen LogP contribution in [0.3, 0.4) is 0 Å². The van der Waals surface area contributed by atoms with Crippen LogP contribution in [0, 0.1) is 5.92 Å². The monoisotopic (exact) mass is 301 g/mol. The lowest BCUT2D eigenvalue weighted by molar-refractivity contribution is -0.140. The minimum atomic E-state index is -0.832. The summed E-state index contributed by atoms with van der Waals surface area (Å²) in [5.41, 5.74) is 1.05. The Bertz CT molecular complexity index is 619. The predicted molar refractivity (Wildman–Crippen MR) is 82.9 cm³/mol. The summed E-state index contributed by atoms with van der Waals surface area (Å²) in [4.78, 5) is 20.9. The molecule has 0 aliphatic rings. The highest BCUT2D eigenvalue weighted by Crippen LogP contribution is 2.17. The van der Waals surface area contributed by atoms with Gasteiger partial charge in [-0.25, -0.2) is 9.97 Å². The van der Waals surface area contributed by atoms with Gasteiger partial charge in [-0.1, -0.05) is 37.3 Å². The molecule has 1 heterocycles. The van der Waals surface area contributed by atoms with Gasteiger partial charge in [-0.2, -0.15) is 0 Å². The highest BCUT2D eigenvalue weighted by molar-refractivity contribution is 5.70. The number of aliphatic carboxylic acids is 1. The first-order chi connectivity index (χ1) is 10.6. The fourth-order valence-corrected chi connectivity index (χ4v) is 1.93. The number of hydrogen-bond donors (Lipinski definition) is 1. The van der Waals surface area contributed by atoms with Gasteiger partial charge >= 0.3 is 5.97 Å². The third-order valence-electron chi connectivity index (χ3n) is 3.22. The maximum absolute atomic E-state index is 10.9. The van der Waals surface area contributed by atoms with Crippen LogP contribution in [0.1, 0.15) is 12.5 Å². The van der Waals surface area contributed by atoms with Crippen molar-refractivity contribution >= 4 is 11.8 Å². The molecule has 0 bridgehead atoms. The molecule has 0 saturated heterocycles. The summed E-state index contributed by atoms with van der Waals surface area (Å²) < 4.78 is 5.64. The number of carbonyl (C=O) groups is 1. The third-order valence-corrected chi connectivity index (χ3v) is 3.22. The van der Waals surface area contributed by atoms with Crippen LogP contribution in [-0.4, -0.2) is 34.6 Å². The maximum Gasteiger partial charge on any atom is 0.308 e. The summed E-state index contributed by atoms with van der Waals surface area (Å²) in [7, 11) is 1.79. The van der Waals surface area contributed by atoms with Gasteiger partial charge in [0.05, 0.1) is 5.92 Å². The Labute approximate surface area is 129 Å².